The molecule has 2 rings (SSSR count). The van der Waals surface area contributed by atoms with Gasteiger partial charge in [-0.15, -0.1) is 0 Å². The number of rotatable bonds is 5. The molecule has 1 N–H and O–H groups in total. The van der Waals surface area contributed by atoms with Crippen LogP contribution in [-0.2, 0) is 6.18 Å². The van der Waals surface area contributed by atoms with Crippen molar-refractivity contribution in [2.45, 2.75) is 6.18 Å². The van der Waals surface area contributed by atoms with Crippen molar-refractivity contribution in [1.29, 1.82) is 0 Å². The molecule has 0 unspecified atom stereocenters. The molecule has 0 heterocycles. The van der Waals surface area contributed by atoms with E-state index in [4.69, 9.17) is 9.47 Å². The van der Waals surface area contributed by atoms with Crippen molar-refractivity contribution in [3.8, 4) is 11.5 Å². The smallest absolute Gasteiger partial charge is 0.416 e. The number of benzene rings is 2. The van der Waals surface area contributed by atoms with Crippen LogP contribution in [0.15, 0.2) is 47.6 Å². The van der Waals surface area contributed by atoms with E-state index < -0.39 is 11.7 Å². The molecule has 7 heteroatoms. The first-order chi connectivity index (χ1) is 10.9. The third kappa shape index (κ3) is 4.38. The van der Waals surface area contributed by atoms with Crippen LogP contribution < -0.4 is 14.9 Å². The standard InChI is InChI=1S/C16H15F3N2O2/c1-22-14-7-6-11(8-15(14)23-2)10-20-21-13-5-3-4-12(9-13)16(17,18)19/h3-10,21H,1-2H3. The van der Waals surface area contributed by atoms with Gasteiger partial charge in [-0.2, -0.15) is 18.3 Å². The van der Waals surface area contributed by atoms with Crippen LogP contribution in [0.4, 0.5) is 18.9 Å². The minimum Gasteiger partial charge on any atom is -0.493 e. The SMILES string of the molecule is COc1ccc(C=NNc2cccc(C(F)(F)F)c2)cc1OC. The summed E-state index contributed by atoms with van der Waals surface area (Å²) in [6, 6.07) is 9.98. The summed E-state index contributed by atoms with van der Waals surface area (Å²) in [4.78, 5) is 0. The van der Waals surface area contributed by atoms with E-state index in [-0.39, 0.29) is 5.69 Å². The lowest BCUT2D eigenvalue weighted by Crippen LogP contribution is -2.05. The monoisotopic (exact) mass is 324 g/mol. The van der Waals surface area contributed by atoms with Crippen LogP contribution >= 0.6 is 0 Å². The molecule has 0 bridgehead atoms. The Kier molecular flexibility index (Phi) is 5.10. The van der Waals surface area contributed by atoms with Crippen LogP contribution in [0.5, 0.6) is 11.5 Å². The zero-order valence-electron chi connectivity index (χ0n) is 12.5. The van der Waals surface area contributed by atoms with Gasteiger partial charge in [0.25, 0.3) is 0 Å². The van der Waals surface area contributed by atoms with Gasteiger partial charge in [-0.25, -0.2) is 0 Å². The van der Waals surface area contributed by atoms with Gasteiger partial charge in [0.05, 0.1) is 31.7 Å². The fraction of sp³-hybridized carbons (Fsp3) is 0.188. The summed E-state index contributed by atoms with van der Waals surface area (Å²) < 4.78 is 48.1. The number of alkyl halides is 3. The van der Waals surface area contributed by atoms with E-state index >= 15 is 0 Å². The lowest BCUT2D eigenvalue weighted by Gasteiger charge is -2.08. The summed E-state index contributed by atoms with van der Waals surface area (Å²) >= 11 is 0. The van der Waals surface area contributed by atoms with Crippen molar-refractivity contribution in [2.75, 3.05) is 19.6 Å². The predicted octanol–water partition coefficient (Wildman–Crippen LogP) is 4.17. The lowest BCUT2D eigenvalue weighted by molar-refractivity contribution is -0.137. The van der Waals surface area contributed by atoms with Gasteiger partial charge in [-0.05, 0) is 42.0 Å². The molecular formula is C16H15F3N2O2. The first kappa shape index (κ1) is 16.7. The maximum atomic E-state index is 12.6. The van der Waals surface area contributed by atoms with Gasteiger partial charge in [0.2, 0.25) is 0 Å². The van der Waals surface area contributed by atoms with Crippen molar-refractivity contribution in [1.82, 2.24) is 0 Å². The van der Waals surface area contributed by atoms with Crippen LogP contribution in [-0.4, -0.2) is 20.4 Å². The van der Waals surface area contributed by atoms with Crippen LogP contribution in [0.2, 0.25) is 0 Å². The maximum Gasteiger partial charge on any atom is 0.416 e. The van der Waals surface area contributed by atoms with Crippen LogP contribution in [0.25, 0.3) is 0 Å². The third-order valence-electron chi connectivity index (χ3n) is 3.00. The summed E-state index contributed by atoms with van der Waals surface area (Å²) in [7, 11) is 3.04. The summed E-state index contributed by atoms with van der Waals surface area (Å²) in [5.41, 5.74) is 2.79. The first-order valence-electron chi connectivity index (χ1n) is 6.62. The van der Waals surface area contributed by atoms with Gasteiger partial charge in [-0.1, -0.05) is 6.07 Å². The minimum atomic E-state index is -4.38. The Hall–Kier alpha value is -2.70. The fourth-order valence-corrected chi connectivity index (χ4v) is 1.88. The summed E-state index contributed by atoms with van der Waals surface area (Å²) in [5.74, 6) is 1.12. The van der Waals surface area contributed by atoms with E-state index in [1.54, 1.807) is 18.2 Å². The average molecular weight is 324 g/mol. The van der Waals surface area contributed by atoms with E-state index in [9.17, 15) is 13.2 Å². The van der Waals surface area contributed by atoms with Crippen molar-refractivity contribution in [3.63, 3.8) is 0 Å². The number of hydrazone groups is 1. The average Bonchev–Trinajstić information content (AvgIpc) is 2.54. The summed E-state index contributed by atoms with van der Waals surface area (Å²) in [6.45, 7) is 0. The van der Waals surface area contributed by atoms with E-state index in [1.165, 1.54) is 32.6 Å². The minimum absolute atomic E-state index is 0.247. The number of hydrogen-bond acceptors (Lipinski definition) is 4. The second-order valence-corrected chi connectivity index (χ2v) is 4.56. The van der Waals surface area contributed by atoms with Gasteiger partial charge in [0.1, 0.15) is 0 Å². The highest BCUT2D eigenvalue weighted by molar-refractivity contribution is 5.81. The zero-order valence-corrected chi connectivity index (χ0v) is 12.5. The Morgan fingerprint density at radius 1 is 1.00 bits per heavy atom. The van der Waals surface area contributed by atoms with Crippen LogP contribution in [0, 0.1) is 0 Å². The Labute approximate surface area is 131 Å². The number of nitrogens with one attached hydrogen (secondary N) is 1. The fourth-order valence-electron chi connectivity index (χ4n) is 1.88. The Morgan fingerprint density at radius 3 is 2.39 bits per heavy atom. The molecule has 0 radical (unpaired) electrons. The highest BCUT2D eigenvalue weighted by Crippen LogP contribution is 2.30. The molecule has 0 aliphatic rings. The quantitative estimate of drug-likeness (QED) is 0.663. The van der Waals surface area contributed by atoms with Gasteiger partial charge in [0, 0.05) is 0 Å². The third-order valence-corrected chi connectivity index (χ3v) is 3.00. The van der Waals surface area contributed by atoms with Gasteiger partial charge in [0.15, 0.2) is 11.5 Å². The molecule has 0 fully saturated rings. The molecule has 0 saturated carbocycles. The molecule has 0 aromatic heterocycles. The maximum absolute atomic E-state index is 12.6. The Balaban J connectivity index is 2.10. The summed E-state index contributed by atoms with van der Waals surface area (Å²) in [6.07, 6.45) is -2.91. The van der Waals surface area contributed by atoms with Gasteiger partial charge >= 0.3 is 6.18 Å². The van der Waals surface area contributed by atoms with Gasteiger partial charge in [-0.3, -0.25) is 5.43 Å². The largest absolute Gasteiger partial charge is 0.493 e. The molecular weight excluding hydrogens is 309 g/mol. The molecule has 2 aromatic carbocycles. The van der Waals surface area contributed by atoms with E-state index in [1.807, 2.05) is 0 Å². The normalized spacial score (nSPS) is 11.5. The number of hydrogen-bond donors (Lipinski definition) is 1. The molecule has 4 nitrogen and oxygen atoms in total. The van der Waals surface area contributed by atoms with Crippen molar-refractivity contribution < 1.29 is 22.6 Å². The van der Waals surface area contributed by atoms with Gasteiger partial charge < -0.3 is 9.47 Å². The number of anilines is 1. The summed E-state index contributed by atoms with van der Waals surface area (Å²) in [5, 5.41) is 3.93. The topological polar surface area (TPSA) is 42.8 Å². The number of nitrogens with zero attached hydrogens (tertiary/aromatic N) is 1. The second kappa shape index (κ2) is 7.04. The molecule has 0 aliphatic carbocycles. The highest BCUT2D eigenvalue weighted by atomic mass is 19.4. The Morgan fingerprint density at radius 2 is 1.74 bits per heavy atom. The van der Waals surface area contributed by atoms with E-state index in [2.05, 4.69) is 10.5 Å². The van der Waals surface area contributed by atoms with Crippen LogP contribution in [0.1, 0.15) is 11.1 Å². The molecule has 2 aromatic rings. The van der Waals surface area contributed by atoms with Crippen molar-refractivity contribution in [2.24, 2.45) is 5.10 Å². The second-order valence-electron chi connectivity index (χ2n) is 4.56. The predicted molar refractivity (Wildman–Crippen MR) is 82.2 cm³/mol. The molecule has 0 spiro atoms. The molecule has 122 valence electrons. The molecule has 0 saturated heterocycles. The molecule has 0 atom stereocenters. The van der Waals surface area contributed by atoms with Crippen LogP contribution in [0.3, 0.4) is 0 Å². The molecule has 23 heavy (non-hydrogen) atoms. The molecule has 0 aliphatic heterocycles. The van der Waals surface area contributed by atoms with Crippen molar-refractivity contribution in [3.05, 3.63) is 53.6 Å². The van der Waals surface area contributed by atoms with E-state index in [0.29, 0.717) is 17.1 Å². The highest BCUT2D eigenvalue weighted by Gasteiger charge is 2.30. The number of halogens is 3. The number of methoxy groups -OCH3 is 2. The lowest BCUT2D eigenvalue weighted by atomic mass is 10.2. The Bertz CT molecular complexity index is 700. The zero-order chi connectivity index (χ0) is 16.9. The first-order valence-corrected chi connectivity index (χ1v) is 6.62. The molecule has 0 amide bonds. The van der Waals surface area contributed by atoms with E-state index in [0.717, 1.165) is 12.1 Å². The van der Waals surface area contributed by atoms with Crippen molar-refractivity contribution >= 4 is 11.9 Å². The number of ether oxygens (including phenoxy) is 2.